The minimum absolute atomic E-state index is 0.124. The van der Waals surface area contributed by atoms with E-state index in [-0.39, 0.29) is 28.7 Å². The fourth-order valence-corrected chi connectivity index (χ4v) is 3.05. The molecule has 10 heteroatoms. The largest absolute Gasteiger partial charge is 0.462 e. The molecule has 1 amide bonds. The number of nitrogens with zero attached hydrogens (tertiary/aromatic N) is 2. The third-order valence-corrected chi connectivity index (χ3v) is 4.67. The zero-order chi connectivity index (χ0) is 24.0. The Bertz CT molecular complexity index is 1290. The van der Waals surface area contributed by atoms with Crippen LogP contribution >= 0.6 is 11.6 Å². The summed E-state index contributed by atoms with van der Waals surface area (Å²) in [6.45, 7) is 1.95. The van der Waals surface area contributed by atoms with E-state index in [0.29, 0.717) is 22.6 Å². The Morgan fingerprint density at radius 3 is 2.55 bits per heavy atom. The summed E-state index contributed by atoms with van der Waals surface area (Å²) in [5, 5.41) is 22.9. The van der Waals surface area contributed by atoms with Crippen LogP contribution in [0.1, 0.15) is 23.0 Å². The van der Waals surface area contributed by atoms with Gasteiger partial charge in [0.1, 0.15) is 23.2 Å². The Labute approximate surface area is 193 Å². The van der Waals surface area contributed by atoms with Gasteiger partial charge in [0.25, 0.3) is 11.6 Å². The molecule has 0 unspecified atom stereocenters. The monoisotopic (exact) mass is 465 g/mol. The second-order valence-electron chi connectivity index (χ2n) is 6.55. The summed E-state index contributed by atoms with van der Waals surface area (Å²) >= 11 is 6.11. The van der Waals surface area contributed by atoms with Crippen molar-refractivity contribution < 1.29 is 23.7 Å². The predicted molar refractivity (Wildman–Crippen MR) is 120 cm³/mol. The van der Waals surface area contributed by atoms with Gasteiger partial charge in [-0.3, -0.25) is 14.9 Å². The van der Waals surface area contributed by atoms with Crippen molar-refractivity contribution in [3.63, 3.8) is 0 Å². The number of esters is 1. The maximum Gasteiger partial charge on any atom is 0.338 e. The quantitative estimate of drug-likeness (QED) is 0.166. The molecule has 2 aromatic carbocycles. The molecule has 1 aromatic heterocycles. The normalized spacial score (nSPS) is 10.9. The van der Waals surface area contributed by atoms with Gasteiger partial charge in [0.05, 0.1) is 22.1 Å². The van der Waals surface area contributed by atoms with Crippen LogP contribution in [0.15, 0.2) is 64.6 Å². The average molecular weight is 466 g/mol. The smallest absolute Gasteiger partial charge is 0.338 e. The topological polar surface area (TPSA) is 135 Å². The van der Waals surface area contributed by atoms with E-state index >= 15 is 0 Å². The maximum atomic E-state index is 12.5. The van der Waals surface area contributed by atoms with Crippen LogP contribution in [0.25, 0.3) is 17.4 Å². The highest BCUT2D eigenvalue weighted by Gasteiger charge is 2.15. The van der Waals surface area contributed by atoms with E-state index in [4.69, 9.17) is 20.8 Å². The van der Waals surface area contributed by atoms with Crippen LogP contribution in [0.5, 0.6) is 0 Å². The van der Waals surface area contributed by atoms with Gasteiger partial charge in [-0.25, -0.2) is 4.79 Å². The maximum absolute atomic E-state index is 12.5. The molecule has 1 N–H and O–H groups in total. The van der Waals surface area contributed by atoms with E-state index < -0.39 is 16.8 Å². The number of nitro benzene ring substituents is 1. The van der Waals surface area contributed by atoms with Crippen LogP contribution in [0.4, 0.5) is 11.4 Å². The summed E-state index contributed by atoms with van der Waals surface area (Å²) in [6, 6.07) is 14.9. The number of furan rings is 1. The summed E-state index contributed by atoms with van der Waals surface area (Å²) in [7, 11) is 0. The number of benzene rings is 2. The summed E-state index contributed by atoms with van der Waals surface area (Å²) in [5.74, 6) is -0.625. The zero-order valence-electron chi connectivity index (χ0n) is 17.2. The van der Waals surface area contributed by atoms with Gasteiger partial charge in [0, 0.05) is 29.5 Å². The number of nitro groups is 1. The number of ether oxygens (including phenoxy) is 1. The highest BCUT2D eigenvalue weighted by atomic mass is 35.5. The van der Waals surface area contributed by atoms with Crippen LogP contribution in [0.3, 0.4) is 0 Å². The number of anilines is 1. The van der Waals surface area contributed by atoms with Crippen molar-refractivity contribution in [1.82, 2.24) is 0 Å². The molecular weight excluding hydrogens is 450 g/mol. The fourth-order valence-electron chi connectivity index (χ4n) is 2.79. The van der Waals surface area contributed by atoms with Crippen LogP contribution < -0.4 is 5.32 Å². The zero-order valence-corrected chi connectivity index (χ0v) is 18.0. The molecule has 0 aliphatic rings. The number of carbonyl (C=O) groups excluding carboxylic acids is 2. The van der Waals surface area contributed by atoms with Gasteiger partial charge in [-0.15, -0.1) is 0 Å². The molecule has 0 aliphatic heterocycles. The van der Waals surface area contributed by atoms with Crippen LogP contribution in [0.2, 0.25) is 5.02 Å². The molecule has 0 saturated heterocycles. The van der Waals surface area contributed by atoms with Gasteiger partial charge in [-0.1, -0.05) is 11.6 Å². The number of amides is 1. The average Bonchev–Trinajstić information content (AvgIpc) is 3.26. The first-order valence-electron chi connectivity index (χ1n) is 9.57. The fraction of sp³-hybridized carbons (Fsp3) is 0.0870. The minimum atomic E-state index is -0.673. The standard InChI is InChI=1S/C23H16ClN3O6/c1-2-32-23(29)14-3-5-16(6-4-14)26-22(28)15(13-25)11-18-8-10-21(33-18)19-9-7-17(27(30)31)12-20(19)24/h3-12H,2H2,1H3,(H,26,28)/b15-11+. The summed E-state index contributed by atoms with van der Waals surface area (Å²) in [6.07, 6.45) is 1.26. The Morgan fingerprint density at radius 1 is 1.21 bits per heavy atom. The van der Waals surface area contributed by atoms with Crippen molar-refractivity contribution in [2.75, 3.05) is 11.9 Å². The molecule has 0 aliphatic carbocycles. The van der Waals surface area contributed by atoms with Crippen molar-refractivity contribution in [3.05, 3.63) is 86.6 Å². The van der Waals surface area contributed by atoms with Crippen LogP contribution in [-0.2, 0) is 9.53 Å². The summed E-state index contributed by atoms with van der Waals surface area (Å²) in [5.41, 5.74) is 0.756. The number of nitriles is 1. The molecule has 0 bridgehead atoms. The molecule has 3 aromatic rings. The van der Waals surface area contributed by atoms with Gasteiger partial charge < -0.3 is 14.5 Å². The van der Waals surface area contributed by atoms with Crippen molar-refractivity contribution in [3.8, 4) is 17.4 Å². The Balaban J connectivity index is 1.75. The molecule has 1 heterocycles. The number of carbonyl (C=O) groups is 2. The Hall–Kier alpha value is -4.42. The van der Waals surface area contributed by atoms with Crippen molar-refractivity contribution in [2.24, 2.45) is 0 Å². The van der Waals surface area contributed by atoms with E-state index in [2.05, 4.69) is 5.32 Å². The molecule has 0 fully saturated rings. The van der Waals surface area contributed by atoms with Crippen molar-refractivity contribution >= 4 is 40.9 Å². The van der Waals surface area contributed by atoms with Gasteiger partial charge in [0.15, 0.2) is 0 Å². The second-order valence-corrected chi connectivity index (χ2v) is 6.95. The number of rotatable bonds is 7. The SMILES string of the molecule is CCOC(=O)c1ccc(NC(=O)/C(C#N)=C/c2ccc(-c3ccc([N+](=O)[O-])cc3Cl)o2)cc1. The summed E-state index contributed by atoms with van der Waals surface area (Å²) < 4.78 is 10.5. The molecule has 166 valence electrons. The first-order valence-corrected chi connectivity index (χ1v) is 9.94. The lowest BCUT2D eigenvalue weighted by Crippen LogP contribution is -2.13. The molecule has 0 spiro atoms. The van der Waals surface area contributed by atoms with Gasteiger partial charge in [-0.05, 0) is 49.4 Å². The van der Waals surface area contributed by atoms with E-state index in [1.807, 2.05) is 6.07 Å². The number of hydrogen-bond donors (Lipinski definition) is 1. The lowest BCUT2D eigenvalue weighted by atomic mass is 10.1. The van der Waals surface area contributed by atoms with E-state index in [1.54, 1.807) is 13.0 Å². The summed E-state index contributed by atoms with van der Waals surface area (Å²) in [4.78, 5) is 34.5. The van der Waals surface area contributed by atoms with Crippen LogP contribution in [0, 0.1) is 21.4 Å². The van der Waals surface area contributed by atoms with Gasteiger partial charge in [0.2, 0.25) is 0 Å². The molecule has 3 rings (SSSR count). The molecule has 33 heavy (non-hydrogen) atoms. The molecule has 0 radical (unpaired) electrons. The molecule has 0 atom stereocenters. The highest BCUT2D eigenvalue weighted by Crippen LogP contribution is 2.32. The highest BCUT2D eigenvalue weighted by molar-refractivity contribution is 6.33. The lowest BCUT2D eigenvalue weighted by Gasteiger charge is -2.06. The second kappa shape index (κ2) is 10.3. The van der Waals surface area contributed by atoms with Gasteiger partial charge >= 0.3 is 5.97 Å². The van der Waals surface area contributed by atoms with E-state index in [9.17, 15) is 25.0 Å². The Kier molecular flexibility index (Phi) is 7.23. The number of hydrogen-bond acceptors (Lipinski definition) is 7. The number of non-ortho nitro benzene ring substituents is 1. The number of halogens is 1. The first-order chi connectivity index (χ1) is 15.8. The minimum Gasteiger partial charge on any atom is -0.462 e. The molecular formula is C23H16ClN3O6. The number of nitrogens with one attached hydrogen (secondary N) is 1. The first kappa shape index (κ1) is 23.2. The predicted octanol–water partition coefficient (Wildman–Crippen LogP) is 5.23. The van der Waals surface area contributed by atoms with E-state index in [0.717, 1.165) is 0 Å². The van der Waals surface area contributed by atoms with Crippen molar-refractivity contribution in [2.45, 2.75) is 6.92 Å². The third kappa shape index (κ3) is 5.64. The van der Waals surface area contributed by atoms with Gasteiger partial charge in [-0.2, -0.15) is 5.26 Å². The van der Waals surface area contributed by atoms with E-state index in [1.165, 1.54) is 54.6 Å². The van der Waals surface area contributed by atoms with Crippen LogP contribution in [-0.4, -0.2) is 23.4 Å². The Morgan fingerprint density at radius 2 is 1.94 bits per heavy atom. The lowest BCUT2D eigenvalue weighted by molar-refractivity contribution is -0.384. The third-order valence-electron chi connectivity index (χ3n) is 4.36. The molecule has 0 saturated carbocycles. The molecule has 9 nitrogen and oxygen atoms in total. The van der Waals surface area contributed by atoms with Crippen molar-refractivity contribution in [1.29, 1.82) is 5.26 Å².